The average molecular weight is 321 g/mol. The van der Waals surface area contributed by atoms with Crippen LogP contribution < -0.4 is 10.2 Å². The van der Waals surface area contributed by atoms with Gasteiger partial charge in [-0.1, -0.05) is 34.1 Å². The van der Waals surface area contributed by atoms with E-state index in [1.54, 1.807) is 0 Å². The number of nitrogens with one attached hydrogen (secondary N) is 1. The molecule has 0 aliphatic heterocycles. The molecule has 0 atom stereocenters. The van der Waals surface area contributed by atoms with Crippen molar-refractivity contribution >= 4 is 27.7 Å². The van der Waals surface area contributed by atoms with E-state index in [-0.39, 0.29) is 0 Å². The van der Waals surface area contributed by atoms with Gasteiger partial charge in [-0.05, 0) is 18.6 Å². The first-order valence-electron chi connectivity index (χ1n) is 6.07. The van der Waals surface area contributed by atoms with E-state index < -0.39 is 0 Å². The predicted molar refractivity (Wildman–Crippen MR) is 82.6 cm³/mol. The number of benzene rings is 1. The number of halogens is 1. The fourth-order valence-electron chi connectivity index (χ4n) is 1.90. The van der Waals surface area contributed by atoms with Gasteiger partial charge in [-0.2, -0.15) is 4.98 Å². The normalized spacial score (nSPS) is 10.3. The molecular formula is C14H17BrN4. The zero-order valence-corrected chi connectivity index (χ0v) is 12.9. The summed E-state index contributed by atoms with van der Waals surface area (Å²) < 4.78 is 1.11. The SMILES string of the molecule is CNc1ncc(C)c(N(C)Cc2ccccc2Br)n1. The maximum absolute atomic E-state index is 4.50. The van der Waals surface area contributed by atoms with E-state index in [1.807, 2.05) is 39.3 Å². The van der Waals surface area contributed by atoms with Crippen LogP contribution in [0.15, 0.2) is 34.9 Å². The molecule has 0 amide bonds. The van der Waals surface area contributed by atoms with Gasteiger partial charge in [-0.15, -0.1) is 0 Å². The molecule has 1 N–H and O–H groups in total. The topological polar surface area (TPSA) is 41.1 Å². The summed E-state index contributed by atoms with van der Waals surface area (Å²) in [6.45, 7) is 2.81. The second-order valence-corrected chi connectivity index (χ2v) is 5.25. The summed E-state index contributed by atoms with van der Waals surface area (Å²) in [5.41, 5.74) is 2.29. The quantitative estimate of drug-likeness (QED) is 0.939. The van der Waals surface area contributed by atoms with E-state index >= 15 is 0 Å². The van der Waals surface area contributed by atoms with Crippen molar-refractivity contribution < 1.29 is 0 Å². The van der Waals surface area contributed by atoms with Crippen molar-refractivity contribution in [3.8, 4) is 0 Å². The van der Waals surface area contributed by atoms with Gasteiger partial charge < -0.3 is 10.2 Å². The van der Waals surface area contributed by atoms with Crippen molar-refractivity contribution in [1.29, 1.82) is 0 Å². The van der Waals surface area contributed by atoms with E-state index in [4.69, 9.17) is 0 Å². The molecule has 100 valence electrons. The first-order valence-corrected chi connectivity index (χ1v) is 6.87. The molecule has 2 aromatic rings. The number of hydrogen-bond donors (Lipinski definition) is 1. The molecule has 2 rings (SSSR count). The Morgan fingerprint density at radius 3 is 2.74 bits per heavy atom. The monoisotopic (exact) mass is 320 g/mol. The lowest BCUT2D eigenvalue weighted by molar-refractivity contribution is 0.880. The molecule has 19 heavy (non-hydrogen) atoms. The molecule has 0 spiro atoms. The van der Waals surface area contributed by atoms with Crippen molar-refractivity contribution in [2.45, 2.75) is 13.5 Å². The minimum Gasteiger partial charge on any atom is -0.357 e. The Balaban J connectivity index is 2.25. The van der Waals surface area contributed by atoms with Crippen LogP contribution in [0.5, 0.6) is 0 Å². The fourth-order valence-corrected chi connectivity index (χ4v) is 2.31. The van der Waals surface area contributed by atoms with Crippen LogP contribution in [-0.2, 0) is 6.54 Å². The van der Waals surface area contributed by atoms with Gasteiger partial charge in [0.1, 0.15) is 5.82 Å². The van der Waals surface area contributed by atoms with Gasteiger partial charge in [-0.25, -0.2) is 4.98 Å². The zero-order chi connectivity index (χ0) is 13.8. The van der Waals surface area contributed by atoms with Crippen LogP contribution in [-0.4, -0.2) is 24.1 Å². The van der Waals surface area contributed by atoms with Gasteiger partial charge in [0.05, 0.1) is 0 Å². The number of aromatic nitrogens is 2. The third-order valence-corrected chi connectivity index (χ3v) is 3.67. The van der Waals surface area contributed by atoms with Crippen molar-refractivity contribution in [3.63, 3.8) is 0 Å². The van der Waals surface area contributed by atoms with Gasteiger partial charge in [0.15, 0.2) is 0 Å². The summed E-state index contributed by atoms with van der Waals surface area (Å²) in [6, 6.07) is 8.22. The molecule has 1 aromatic heterocycles. The highest BCUT2D eigenvalue weighted by molar-refractivity contribution is 9.10. The van der Waals surface area contributed by atoms with Crippen molar-refractivity contribution in [2.24, 2.45) is 0 Å². The second kappa shape index (κ2) is 6.02. The van der Waals surface area contributed by atoms with Crippen LogP contribution in [0.4, 0.5) is 11.8 Å². The summed E-state index contributed by atoms with van der Waals surface area (Å²) in [6.07, 6.45) is 1.84. The molecular weight excluding hydrogens is 304 g/mol. The Morgan fingerprint density at radius 2 is 2.05 bits per heavy atom. The Labute approximate surface area is 122 Å². The van der Waals surface area contributed by atoms with E-state index in [2.05, 4.69) is 48.2 Å². The number of rotatable bonds is 4. The second-order valence-electron chi connectivity index (χ2n) is 4.40. The highest BCUT2D eigenvalue weighted by Gasteiger charge is 2.10. The van der Waals surface area contributed by atoms with Crippen molar-refractivity contribution in [3.05, 3.63) is 46.1 Å². The molecule has 0 saturated heterocycles. The molecule has 0 saturated carbocycles. The Kier molecular flexibility index (Phi) is 4.37. The third kappa shape index (κ3) is 3.23. The van der Waals surface area contributed by atoms with Crippen LogP contribution in [0.2, 0.25) is 0 Å². The van der Waals surface area contributed by atoms with Gasteiger partial charge in [0, 0.05) is 36.9 Å². The molecule has 0 aliphatic rings. The van der Waals surface area contributed by atoms with Crippen molar-refractivity contribution in [2.75, 3.05) is 24.3 Å². The lowest BCUT2D eigenvalue weighted by Gasteiger charge is -2.21. The first kappa shape index (κ1) is 13.8. The molecule has 0 radical (unpaired) electrons. The van der Waals surface area contributed by atoms with Crippen LogP contribution >= 0.6 is 15.9 Å². The van der Waals surface area contributed by atoms with Crippen LogP contribution in [0, 0.1) is 6.92 Å². The van der Waals surface area contributed by atoms with E-state index in [0.29, 0.717) is 5.95 Å². The molecule has 0 aliphatic carbocycles. The molecule has 0 unspecified atom stereocenters. The number of aryl methyl sites for hydroxylation is 1. The van der Waals surface area contributed by atoms with E-state index in [9.17, 15) is 0 Å². The first-order chi connectivity index (χ1) is 9.11. The molecule has 0 bridgehead atoms. The number of nitrogens with zero attached hydrogens (tertiary/aromatic N) is 3. The summed E-state index contributed by atoms with van der Waals surface area (Å²) in [7, 11) is 3.86. The smallest absolute Gasteiger partial charge is 0.224 e. The summed E-state index contributed by atoms with van der Waals surface area (Å²) in [5.74, 6) is 1.58. The predicted octanol–water partition coefficient (Wildman–Crippen LogP) is 3.23. The van der Waals surface area contributed by atoms with Gasteiger partial charge in [0.25, 0.3) is 0 Å². The Morgan fingerprint density at radius 1 is 1.32 bits per heavy atom. The molecule has 4 nitrogen and oxygen atoms in total. The summed E-state index contributed by atoms with van der Waals surface area (Å²) >= 11 is 3.57. The van der Waals surface area contributed by atoms with Crippen LogP contribution in [0.25, 0.3) is 0 Å². The Bertz CT molecular complexity index is 571. The van der Waals surface area contributed by atoms with E-state index in [1.165, 1.54) is 5.56 Å². The van der Waals surface area contributed by atoms with Crippen molar-refractivity contribution in [1.82, 2.24) is 9.97 Å². The lowest BCUT2D eigenvalue weighted by atomic mass is 10.2. The van der Waals surface area contributed by atoms with Crippen LogP contribution in [0.3, 0.4) is 0 Å². The average Bonchev–Trinajstić information content (AvgIpc) is 2.42. The molecule has 0 fully saturated rings. The minimum absolute atomic E-state index is 0.638. The zero-order valence-electron chi connectivity index (χ0n) is 11.3. The van der Waals surface area contributed by atoms with Crippen LogP contribution in [0.1, 0.15) is 11.1 Å². The van der Waals surface area contributed by atoms with E-state index in [0.717, 1.165) is 22.4 Å². The highest BCUT2D eigenvalue weighted by Crippen LogP contribution is 2.22. The Hall–Kier alpha value is -1.62. The third-order valence-electron chi connectivity index (χ3n) is 2.90. The number of anilines is 2. The molecule has 1 heterocycles. The van der Waals surface area contributed by atoms with Gasteiger partial charge in [0.2, 0.25) is 5.95 Å². The minimum atomic E-state index is 0.638. The highest BCUT2D eigenvalue weighted by atomic mass is 79.9. The number of hydrogen-bond acceptors (Lipinski definition) is 4. The molecule has 1 aromatic carbocycles. The standard InChI is InChI=1S/C14H17BrN4/c1-10-8-17-14(16-2)18-13(10)19(3)9-11-6-4-5-7-12(11)15/h4-8H,9H2,1-3H3,(H,16,17,18). The van der Waals surface area contributed by atoms with Gasteiger partial charge >= 0.3 is 0 Å². The van der Waals surface area contributed by atoms with Gasteiger partial charge in [-0.3, -0.25) is 0 Å². The summed E-state index contributed by atoms with van der Waals surface area (Å²) in [4.78, 5) is 10.8. The maximum Gasteiger partial charge on any atom is 0.224 e. The lowest BCUT2D eigenvalue weighted by Crippen LogP contribution is -2.20. The maximum atomic E-state index is 4.50. The fraction of sp³-hybridized carbons (Fsp3) is 0.286. The molecule has 5 heteroatoms. The summed E-state index contributed by atoms with van der Waals surface area (Å²) in [5, 5.41) is 2.97. The largest absolute Gasteiger partial charge is 0.357 e.